The van der Waals surface area contributed by atoms with Crippen LogP contribution in [0.25, 0.3) is 0 Å². The minimum atomic E-state index is -4.75. The number of imide groups is 2. The van der Waals surface area contributed by atoms with E-state index in [-0.39, 0.29) is 36.1 Å². The van der Waals surface area contributed by atoms with Crippen LogP contribution in [-0.2, 0) is 30.8 Å². The lowest BCUT2D eigenvalue weighted by molar-refractivity contribution is -0.139. The number of benzene rings is 3. The molecule has 2 saturated heterocycles. The van der Waals surface area contributed by atoms with Gasteiger partial charge in [-0.25, -0.2) is 4.98 Å². The fourth-order valence-corrected chi connectivity index (χ4v) is 9.20. The van der Waals surface area contributed by atoms with Crippen molar-refractivity contribution in [3.63, 3.8) is 0 Å². The van der Waals surface area contributed by atoms with E-state index in [0.29, 0.717) is 39.7 Å². The van der Waals surface area contributed by atoms with Crippen molar-refractivity contribution in [3.05, 3.63) is 123 Å². The van der Waals surface area contributed by atoms with E-state index in [1.807, 2.05) is 6.08 Å². The first-order valence-corrected chi connectivity index (χ1v) is 17.7. The quantitative estimate of drug-likeness (QED) is 0.154. The Morgan fingerprint density at radius 1 is 0.926 bits per heavy atom. The Balaban J connectivity index is 1.32. The number of amides is 4. The highest BCUT2D eigenvalue weighted by Crippen LogP contribution is 2.64. The first-order chi connectivity index (χ1) is 25.8. The number of para-hydroxylation sites is 1. The molecule has 1 aromatic heterocycles. The number of alkyl halides is 3. The first-order valence-electron chi connectivity index (χ1n) is 16.9. The smallest absolute Gasteiger partial charge is 0.417 e. The van der Waals surface area contributed by atoms with Crippen molar-refractivity contribution in [2.75, 3.05) is 17.4 Å². The van der Waals surface area contributed by atoms with Gasteiger partial charge in [-0.3, -0.25) is 29.5 Å². The number of ether oxygens (including phenoxy) is 1. The molecular weight excluding hydrogens is 748 g/mol. The zero-order valence-corrected chi connectivity index (χ0v) is 29.7. The van der Waals surface area contributed by atoms with Crippen LogP contribution >= 0.6 is 23.2 Å². The van der Waals surface area contributed by atoms with E-state index in [1.165, 1.54) is 18.1 Å². The molecule has 10 nitrogen and oxygen atoms in total. The number of aromatic hydroxyl groups is 1. The molecule has 2 N–H and O–H groups in total. The lowest BCUT2D eigenvalue weighted by Crippen LogP contribution is -2.53. The van der Waals surface area contributed by atoms with Crippen molar-refractivity contribution >= 4 is 58.3 Å². The van der Waals surface area contributed by atoms with E-state index < -0.39 is 69.5 Å². The number of allylic oxidation sites excluding steroid dienone is 2. The van der Waals surface area contributed by atoms with E-state index in [2.05, 4.69) is 10.4 Å². The van der Waals surface area contributed by atoms with E-state index in [4.69, 9.17) is 27.9 Å². The SMILES string of the molecule is COc1cc([C@H]2C3=CC[C@@H]4C(=O)N(c5ccccc5)C(=O)[C@@H]4[C@@H]3C[C@H]3C(=O)N(Nc4ncc(C(F)(F)F)cc4Cl)C(=O)[C@@]23c2ccc(Cl)cc2)ccc1O. The molecule has 3 heterocycles. The van der Waals surface area contributed by atoms with Gasteiger partial charge in [0.2, 0.25) is 11.8 Å². The van der Waals surface area contributed by atoms with E-state index in [0.717, 1.165) is 5.01 Å². The van der Waals surface area contributed by atoms with Gasteiger partial charge in [-0.2, -0.15) is 18.2 Å². The Hall–Kier alpha value is -5.40. The fraction of sp³-hybridized carbons (Fsp3) is 0.256. The molecule has 6 atom stereocenters. The second-order valence-electron chi connectivity index (χ2n) is 13.7. The van der Waals surface area contributed by atoms with Crippen molar-refractivity contribution in [1.29, 1.82) is 0 Å². The second-order valence-corrected chi connectivity index (χ2v) is 14.5. The van der Waals surface area contributed by atoms with Gasteiger partial charge in [-0.15, -0.1) is 0 Å². The number of anilines is 2. The molecular formula is C39H29Cl2F3N4O6. The number of nitrogens with zero attached hydrogens (tertiary/aromatic N) is 3. The van der Waals surface area contributed by atoms with Gasteiger partial charge in [0, 0.05) is 17.1 Å². The van der Waals surface area contributed by atoms with Crippen LogP contribution in [0.3, 0.4) is 0 Å². The maximum absolute atomic E-state index is 15.3. The number of carbonyl (C=O) groups excluding carboxylic acids is 4. The zero-order chi connectivity index (χ0) is 38.3. The summed E-state index contributed by atoms with van der Waals surface area (Å²) in [6.07, 6.45) is -2.22. The van der Waals surface area contributed by atoms with Gasteiger partial charge in [-0.1, -0.05) is 71.2 Å². The Morgan fingerprint density at radius 3 is 2.31 bits per heavy atom. The van der Waals surface area contributed by atoms with Gasteiger partial charge >= 0.3 is 6.18 Å². The number of pyridine rings is 1. The number of fused-ring (bicyclic) bond motifs is 4. The van der Waals surface area contributed by atoms with Gasteiger partial charge in [0.25, 0.3) is 11.8 Å². The monoisotopic (exact) mass is 776 g/mol. The highest BCUT2D eigenvalue weighted by Gasteiger charge is 2.70. The number of phenolic OH excluding ortho intramolecular Hbond substituents is 1. The summed E-state index contributed by atoms with van der Waals surface area (Å²) in [4.78, 5) is 63.4. The van der Waals surface area contributed by atoms with Crippen LogP contribution in [-0.4, -0.2) is 45.8 Å². The number of hydrogen-bond donors (Lipinski definition) is 2. The molecule has 0 radical (unpaired) electrons. The molecule has 15 heteroatoms. The third-order valence-electron chi connectivity index (χ3n) is 11.1. The normalized spacial score (nSPS) is 26.3. The van der Waals surface area contributed by atoms with Crippen LogP contribution in [0.1, 0.15) is 35.4 Å². The molecule has 0 spiro atoms. The van der Waals surface area contributed by atoms with Crippen molar-refractivity contribution in [2.24, 2.45) is 23.7 Å². The third-order valence-corrected chi connectivity index (χ3v) is 11.6. The van der Waals surface area contributed by atoms with Crippen LogP contribution < -0.4 is 15.1 Å². The average Bonchev–Trinajstić information content (AvgIpc) is 3.53. The number of aromatic nitrogens is 1. The molecule has 3 aromatic carbocycles. The summed E-state index contributed by atoms with van der Waals surface area (Å²) >= 11 is 12.6. The van der Waals surface area contributed by atoms with Crippen LogP contribution in [0.15, 0.2) is 96.7 Å². The van der Waals surface area contributed by atoms with Gasteiger partial charge in [-0.05, 0) is 72.4 Å². The zero-order valence-electron chi connectivity index (χ0n) is 28.2. The van der Waals surface area contributed by atoms with Crippen LogP contribution in [0, 0.1) is 23.7 Å². The fourth-order valence-electron chi connectivity index (χ4n) is 8.86. The summed E-state index contributed by atoms with van der Waals surface area (Å²) in [5, 5.41) is 11.2. The predicted molar refractivity (Wildman–Crippen MR) is 190 cm³/mol. The van der Waals surface area contributed by atoms with E-state index in [1.54, 1.807) is 66.7 Å². The van der Waals surface area contributed by atoms with Crippen molar-refractivity contribution in [1.82, 2.24) is 9.99 Å². The summed E-state index contributed by atoms with van der Waals surface area (Å²) < 4.78 is 45.9. The van der Waals surface area contributed by atoms with Crippen molar-refractivity contribution < 1.29 is 42.2 Å². The molecule has 4 aromatic rings. The largest absolute Gasteiger partial charge is 0.504 e. The van der Waals surface area contributed by atoms with Gasteiger partial charge in [0.15, 0.2) is 17.3 Å². The van der Waals surface area contributed by atoms with Gasteiger partial charge < -0.3 is 9.84 Å². The summed E-state index contributed by atoms with van der Waals surface area (Å²) in [6, 6.07) is 20.2. The maximum Gasteiger partial charge on any atom is 0.417 e. The highest BCUT2D eigenvalue weighted by molar-refractivity contribution is 6.33. The Labute approximate surface area is 316 Å². The molecule has 1 saturated carbocycles. The first kappa shape index (κ1) is 35.6. The van der Waals surface area contributed by atoms with Gasteiger partial charge in [0.1, 0.15) is 0 Å². The number of hydrazine groups is 1. The molecule has 54 heavy (non-hydrogen) atoms. The van der Waals surface area contributed by atoms with Crippen LogP contribution in [0.4, 0.5) is 24.7 Å². The lowest BCUT2D eigenvalue weighted by atomic mass is 9.49. The van der Waals surface area contributed by atoms with E-state index in [9.17, 15) is 32.7 Å². The molecule has 3 fully saturated rings. The second kappa shape index (κ2) is 12.9. The summed E-state index contributed by atoms with van der Waals surface area (Å²) in [7, 11) is 1.36. The molecule has 2 aliphatic carbocycles. The van der Waals surface area contributed by atoms with Gasteiger partial charge in [0.05, 0.1) is 46.6 Å². The molecule has 2 aliphatic heterocycles. The number of hydrogen-bond acceptors (Lipinski definition) is 8. The standard InChI is InChI=1S/C39H29Cl2F3N4O6/c1-54-30-15-19(7-14-29(30)49)32-24-12-13-25-31(36(52)47(34(25)50)23-5-3-2-4-6-23)26(24)17-27-35(51)48(37(53)38(27,32)20-8-10-22(40)11-9-20)46-33-28(41)16-21(18-45-33)39(42,43)44/h2-12,14-16,18,25-27,31-32,49H,13,17H2,1H3,(H,45,46)/t25-,26+,27-,31-,32-,38+/m0/s1. The topological polar surface area (TPSA) is 129 Å². The molecule has 8 rings (SSSR count). The number of rotatable bonds is 6. The average molecular weight is 778 g/mol. The molecule has 4 amide bonds. The molecule has 0 bridgehead atoms. The molecule has 0 unspecified atom stereocenters. The number of nitrogens with one attached hydrogen (secondary N) is 1. The number of methoxy groups -OCH3 is 1. The number of carbonyl (C=O) groups is 4. The minimum Gasteiger partial charge on any atom is -0.504 e. The molecule has 4 aliphatic rings. The van der Waals surface area contributed by atoms with Crippen LogP contribution in [0.2, 0.25) is 10.0 Å². The van der Waals surface area contributed by atoms with Crippen LogP contribution in [0.5, 0.6) is 11.5 Å². The lowest BCUT2D eigenvalue weighted by Gasteiger charge is -2.50. The number of halogens is 5. The summed E-state index contributed by atoms with van der Waals surface area (Å²) in [6.45, 7) is 0. The van der Waals surface area contributed by atoms with E-state index >= 15 is 4.79 Å². The predicted octanol–water partition coefficient (Wildman–Crippen LogP) is 7.31. The van der Waals surface area contributed by atoms with Crippen molar-refractivity contribution in [2.45, 2.75) is 30.4 Å². The minimum absolute atomic E-state index is 0.0417. The molecule has 276 valence electrons. The highest BCUT2D eigenvalue weighted by atomic mass is 35.5. The maximum atomic E-state index is 15.3. The summed E-state index contributed by atoms with van der Waals surface area (Å²) in [5.74, 6) is -7.27. The Morgan fingerprint density at radius 2 is 1.65 bits per heavy atom. The Kier molecular flexibility index (Phi) is 8.49. The van der Waals surface area contributed by atoms with Crippen molar-refractivity contribution in [3.8, 4) is 11.5 Å². The third kappa shape index (κ3) is 5.27. The summed E-state index contributed by atoms with van der Waals surface area (Å²) in [5.41, 5.74) is 1.65. The Bertz CT molecular complexity index is 2270. The number of phenols is 1.